The second kappa shape index (κ2) is 5.99. The van der Waals surface area contributed by atoms with Crippen LogP contribution in [0.4, 0.5) is 0 Å². The molecule has 1 nitrogen and oxygen atoms in total. The van der Waals surface area contributed by atoms with E-state index in [-0.39, 0.29) is 0 Å². The Bertz CT molecular complexity index is 447. The fraction of sp³-hybridized carbons (Fsp3) is 0.333. The number of hydrogen-bond donors (Lipinski definition) is 1. The van der Waals surface area contributed by atoms with Gasteiger partial charge >= 0.3 is 0 Å². The maximum absolute atomic E-state index is 3.53. The lowest BCUT2D eigenvalue weighted by Crippen LogP contribution is -2.19. The van der Waals surface area contributed by atoms with Gasteiger partial charge in [-0.2, -0.15) is 11.3 Å². The van der Waals surface area contributed by atoms with E-state index in [1.165, 1.54) is 16.7 Å². The zero-order chi connectivity index (χ0) is 12.1. The lowest BCUT2D eigenvalue weighted by atomic mass is 10.0. The van der Waals surface area contributed by atoms with Crippen molar-refractivity contribution in [2.24, 2.45) is 0 Å². The number of benzene rings is 1. The second-order valence-electron chi connectivity index (χ2n) is 4.52. The van der Waals surface area contributed by atoms with Gasteiger partial charge in [-0.3, -0.25) is 0 Å². The largest absolute Gasteiger partial charge is 0.312 e. The van der Waals surface area contributed by atoms with Crippen LogP contribution in [0.15, 0.2) is 41.1 Å². The van der Waals surface area contributed by atoms with Crippen LogP contribution in [0.3, 0.4) is 0 Å². The molecular weight excluding hydrogens is 226 g/mol. The molecule has 0 radical (unpaired) electrons. The van der Waals surface area contributed by atoms with Crippen LogP contribution in [0.2, 0.25) is 0 Å². The maximum Gasteiger partial charge on any atom is 0.0216 e. The van der Waals surface area contributed by atoms with Gasteiger partial charge in [0.2, 0.25) is 0 Å². The summed E-state index contributed by atoms with van der Waals surface area (Å²) in [5.74, 6) is 0.565. The summed E-state index contributed by atoms with van der Waals surface area (Å²) in [5.41, 5.74) is 4.23. The van der Waals surface area contributed by atoms with Gasteiger partial charge in [0.05, 0.1) is 0 Å². The molecule has 0 amide bonds. The van der Waals surface area contributed by atoms with Crippen molar-refractivity contribution < 1.29 is 0 Å². The minimum absolute atomic E-state index is 0.565. The van der Waals surface area contributed by atoms with E-state index in [4.69, 9.17) is 0 Å². The molecule has 0 spiro atoms. The number of hydrogen-bond acceptors (Lipinski definition) is 2. The van der Waals surface area contributed by atoms with E-state index >= 15 is 0 Å². The number of rotatable bonds is 5. The summed E-state index contributed by atoms with van der Waals surface area (Å²) in [7, 11) is 0. The zero-order valence-electron chi connectivity index (χ0n) is 10.4. The summed E-state index contributed by atoms with van der Waals surface area (Å²) in [6.07, 6.45) is 0. The van der Waals surface area contributed by atoms with Crippen LogP contribution in [-0.4, -0.2) is 6.54 Å². The summed E-state index contributed by atoms with van der Waals surface area (Å²) >= 11 is 1.78. The quantitative estimate of drug-likeness (QED) is 0.841. The van der Waals surface area contributed by atoms with Gasteiger partial charge in [-0.05, 0) is 40.3 Å². The Hall–Kier alpha value is -1.12. The highest BCUT2D eigenvalue weighted by Gasteiger charge is 2.04. The highest BCUT2D eigenvalue weighted by Crippen LogP contribution is 2.15. The van der Waals surface area contributed by atoms with Crippen LogP contribution in [0.25, 0.3) is 0 Å². The van der Waals surface area contributed by atoms with E-state index in [1.807, 2.05) is 0 Å². The first-order chi connectivity index (χ1) is 8.27. The van der Waals surface area contributed by atoms with E-state index in [0.717, 1.165) is 13.1 Å². The Kier molecular flexibility index (Phi) is 4.35. The molecule has 17 heavy (non-hydrogen) atoms. The minimum Gasteiger partial charge on any atom is -0.312 e. The number of thiophene rings is 1. The molecule has 1 aromatic heterocycles. The lowest BCUT2D eigenvalue weighted by molar-refractivity contribution is 0.615. The summed E-state index contributed by atoms with van der Waals surface area (Å²) < 4.78 is 0. The molecule has 0 saturated heterocycles. The highest BCUT2D eigenvalue weighted by molar-refractivity contribution is 7.08. The van der Waals surface area contributed by atoms with Gasteiger partial charge in [-0.25, -0.2) is 0 Å². The van der Waals surface area contributed by atoms with Crippen molar-refractivity contribution in [3.05, 3.63) is 57.8 Å². The van der Waals surface area contributed by atoms with Crippen molar-refractivity contribution in [2.45, 2.75) is 26.3 Å². The first kappa shape index (κ1) is 12.3. The topological polar surface area (TPSA) is 12.0 Å². The number of aryl methyl sites for hydroxylation is 1. The molecule has 1 heterocycles. The molecule has 2 rings (SSSR count). The second-order valence-corrected chi connectivity index (χ2v) is 5.27. The molecule has 0 aliphatic heterocycles. The SMILES string of the molecule is Cc1cscc1CNCC(C)c1ccccc1. The molecule has 0 saturated carbocycles. The van der Waals surface area contributed by atoms with Crippen molar-refractivity contribution >= 4 is 11.3 Å². The molecule has 0 fully saturated rings. The summed E-state index contributed by atoms with van der Waals surface area (Å²) in [6, 6.07) is 10.7. The summed E-state index contributed by atoms with van der Waals surface area (Å²) in [4.78, 5) is 0. The molecule has 0 aliphatic carbocycles. The van der Waals surface area contributed by atoms with Gasteiger partial charge in [-0.1, -0.05) is 37.3 Å². The third kappa shape index (κ3) is 3.42. The van der Waals surface area contributed by atoms with Gasteiger partial charge in [0.1, 0.15) is 0 Å². The summed E-state index contributed by atoms with van der Waals surface area (Å²) in [6.45, 7) is 6.45. The van der Waals surface area contributed by atoms with Crippen molar-refractivity contribution in [2.75, 3.05) is 6.54 Å². The van der Waals surface area contributed by atoms with Gasteiger partial charge in [0.25, 0.3) is 0 Å². The molecule has 2 heteroatoms. The molecule has 2 aromatic rings. The summed E-state index contributed by atoms with van der Waals surface area (Å²) in [5, 5.41) is 7.97. The smallest absolute Gasteiger partial charge is 0.0216 e. The molecule has 0 bridgehead atoms. The van der Waals surface area contributed by atoms with Crippen molar-refractivity contribution in [3.8, 4) is 0 Å². The number of nitrogens with one attached hydrogen (secondary N) is 1. The molecule has 1 aromatic carbocycles. The van der Waals surface area contributed by atoms with Gasteiger partial charge in [0.15, 0.2) is 0 Å². The van der Waals surface area contributed by atoms with Gasteiger partial charge in [0, 0.05) is 13.1 Å². The van der Waals surface area contributed by atoms with Crippen molar-refractivity contribution in [1.82, 2.24) is 5.32 Å². The van der Waals surface area contributed by atoms with Crippen molar-refractivity contribution in [1.29, 1.82) is 0 Å². The Morgan fingerprint density at radius 2 is 1.94 bits per heavy atom. The average Bonchev–Trinajstić information content (AvgIpc) is 2.76. The Balaban J connectivity index is 1.81. The first-order valence-corrected chi connectivity index (χ1v) is 6.99. The zero-order valence-corrected chi connectivity index (χ0v) is 11.3. The molecule has 90 valence electrons. The lowest BCUT2D eigenvalue weighted by Gasteiger charge is -2.12. The fourth-order valence-corrected chi connectivity index (χ4v) is 2.75. The van der Waals surface area contributed by atoms with E-state index in [0.29, 0.717) is 5.92 Å². The van der Waals surface area contributed by atoms with Crippen LogP contribution >= 0.6 is 11.3 Å². The first-order valence-electron chi connectivity index (χ1n) is 6.04. The van der Waals surface area contributed by atoms with E-state index < -0.39 is 0 Å². The molecule has 1 unspecified atom stereocenters. The van der Waals surface area contributed by atoms with E-state index in [9.17, 15) is 0 Å². The Morgan fingerprint density at radius 3 is 2.59 bits per heavy atom. The Morgan fingerprint density at radius 1 is 1.18 bits per heavy atom. The predicted octanol–water partition coefficient (Wildman–Crippen LogP) is 3.95. The van der Waals surface area contributed by atoms with Crippen LogP contribution in [0.1, 0.15) is 29.5 Å². The molecule has 0 aliphatic rings. The molecule has 1 N–H and O–H groups in total. The van der Waals surface area contributed by atoms with Gasteiger partial charge in [-0.15, -0.1) is 0 Å². The average molecular weight is 245 g/mol. The van der Waals surface area contributed by atoms with Crippen LogP contribution in [0.5, 0.6) is 0 Å². The predicted molar refractivity (Wildman–Crippen MR) is 75.6 cm³/mol. The normalized spacial score (nSPS) is 12.6. The van der Waals surface area contributed by atoms with Crippen LogP contribution in [-0.2, 0) is 6.54 Å². The fourth-order valence-electron chi connectivity index (χ4n) is 1.89. The third-order valence-electron chi connectivity index (χ3n) is 3.10. The standard InChI is InChI=1S/C15H19NS/c1-12(14-6-4-3-5-7-14)8-16-9-15-11-17-10-13(15)2/h3-7,10-12,16H,8-9H2,1-2H3. The minimum atomic E-state index is 0.565. The van der Waals surface area contributed by atoms with Crippen molar-refractivity contribution in [3.63, 3.8) is 0 Å². The molecular formula is C15H19NS. The third-order valence-corrected chi connectivity index (χ3v) is 4.01. The highest BCUT2D eigenvalue weighted by atomic mass is 32.1. The maximum atomic E-state index is 3.53. The van der Waals surface area contributed by atoms with E-state index in [2.05, 4.69) is 60.3 Å². The van der Waals surface area contributed by atoms with E-state index in [1.54, 1.807) is 11.3 Å². The molecule has 1 atom stereocenters. The Labute approximate surface area is 108 Å². The monoisotopic (exact) mass is 245 g/mol. The van der Waals surface area contributed by atoms with Crippen LogP contribution < -0.4 is 5.32 Å². The van der Waals surface area contributed by atoms with Gasteiger partial charge < -0.3 is 5.32 Å². The van der Waals surface area contributed by atoms with Crippen LogP contribution in [0, 0.1) is 6.92 Å².